The average molecular weight is 353 g/mol. The van der Waals surface area contributed by atoms with E-state index in [0.29, 0.717) is 11.8 Å². The Morgan fingerprint density at radius 3 is 2.29 bits per heavy atom. The minimum Gasteiger partial charge on any atom is -0.348 e. The molecular formula is C18H28N2O3S. The van der Waals surface area contributed by atoms with Crippen LogP contribution >= 0.6 is 0 Å². The van der Waals surface area contributed by atoms with Gasteiger partial charge < -0.3 is 5.32 Å². The maximum atomic E-state index is 12.2. The molecule has 5 nitrogen and oxygen atoms in total. The van der Waals surface area contributed by atoms with Gasteiger partial charge >= 0.3 is 0 Å². The first-order valence-electron chi connectivity index (χ1n) is 8.46. The summed E-state index contributed by atoms with van der Waals surface area (Å²) in [6.45, 7) is 4.24. The standard InChI is InChI=1S/C18H28N2O3S/c1-13(2)11-14-5-7-15(8-6-14)18(16-9-10-16)19-17(21)12-20(3)24(4,22)23/h5-8,13,16,18H,9-12H2,1-4H3,(H,19,21). The van der Waals surface area contributed by atoms with Gasteiger partial charge in [0.05, 0.1) is 18.8 Å². The zero-order chi connectivity index (χ0) is 17.9. The largest absolute Gasteiger partial charge is 0.348 e. The van der Waals surface area contributed by atoms with Crippen LogP contribution in [0.3, 0.4) is 0 Å². The molecule has 0 radical (unpaired) electrons. The summed E-state index contributed by atoms with van der Waals surface area (Å²) in [5.41, 5.74) is 2.40. The topological polar surface area (TPSA) is 66.5 Å². The normalized spacial score (nSPS) is 16.4. The molecule has 1 saturated carbocycles. The van der Waals surface area contributed by atoms with Gasteiger partial charge in [0.2, 0.25) is 15.9 Å². The van der Waals surface area contributed by atoms with Gasteiger partial charge in [0.15, 0.2) is 0 Å². The maximum Gasteiger partial charge on any atom is 0.235 e. The number of nitrogens with one attached hydrogen (secondary N) is 1. The summed E-state index contributed by atoms with van der Waals surface area (Å²) in [5.74, 6) is 0.806. The molecule has 0 bridgehead atoms. The fourth-order valence-electron chi connectivity index (χ4n) is 2.77. The molecule has 0 aliphatic heterocycles. The second-order valence-electron chi connectivity index (χ2n) is 7.24. The van der Waals surface area contributed by atoms with Crippen LogP contribution in [0.15, 0.2) is 24.3 Å². The monoisotopic (exact) mass is 352 g/mol. The first kappa shape index (κ1) is 18.9. The lowest BCUT2D eigenvalue weighted by Gasteiger charge is -2.21. The number of amides is 1. The predicted molar refractivity (Wildman–Crippen MR) is 96.1 cm³/mol. The molecule has 2 rings (SSSR count). The quantitative estimate of drug-likeness (QED) is 0.781. The predicted octanol–water partition coefficient (Wildman–Crippen LogP) is 2.34. The van der Waals surface area contributed by atoms with E-state index in [2.05, 4.69) is 43.4 Å². The summed E-state index contributed by atoms with van der Waals surface area (Å²) < 4.78 is 23.9. The maximum absolute atomic E-state index is 12.2. The van der Waals surface area contributed by atoms with Gasteiger partial charge in [-0.3, -0.25) is 4.79 Å². The van der Waals surface area contributed by atoms with Crippen molar-refractivity contribution < 1.29 is 13.2 Å². The number of rotatable bonds is 8. The Kier molecular flexibility index (Phi) is 6.04. The van der Waals surface area contributed by atoms with E-state index in [0.717, 1.165) is 35.4 Å². The second kappa shape index (κ2) is 7.66. The lowest BCUT2D eigenvalue weighted by molar-refractivity contribution is -0.122. The van der Waals surface area contributed by atoms with Crippen molar-refractivity contribution in [2.45, 2.75) is 39.2 Å². The highest BCUT2D eigenvalue weighted by Crippen LogP contribution is 2.41. The van der Waals surface area contributed by atoms with Crippen LogP contribution in [0.4, 0.5) is 0 Å². The van der Waals surface area contributed by atoms with Gasteiger partial charge in [-0.1, -0.05) is 38.1 Å². The molecule has 1 aromatic carbocycles. The number of likely N-dealkylation sites (N-methyl/N-ethyl adjacent to an activating group) is 1. The van der Waals surface area contributed by atoms with Crippen LogP contribution in [-0.2, 0) is 21.2 Å². The minimum atomic E-state index is -3.35. The summed E-state index contributed by atoms with van der Waals surface area (Å²) in [6, 6.07) is 8.39. The molecule has 0 heterocycles. The van der Waals surface area contributed by atoms with Crippen molar-refractivity contribution in [2.75, 3.05) is 19.8 Å². The molecule has 0 saturated heterocycles. The molecule has 1 aliphatic carbocycles. The highest BCUT2D eigenvalue weighted by atomic mass is 32.2. The highest BCUT2D eigenvalue weighted by molar-refractivity contribution is 7.88. The summed E-state index contributed by atoms with van der Waals surface area (Å²) in [7, 11) is -1.93. The number of benzene rings is 1. The molecule has 0 spiro atoms. The average Bonchev–Trinajstić information content (AvgIpc) is 3.28. The smallest absolute Gasteiger partial charge is 0.235 e. The lowest BCUT2D eigenvalue weighted by Crippen LogP contribution is -2.39. The minimum absolute atomic E-state index is 0.0291. The molecule has 134 valence electrons. The molecule has 1 amide bonds. The van der Waals surface area contributed by atoms with Gasteiger partial charge in [0.25, 0.3) is 0 Å². The van der Waals surface area contributed by atoms with Crippen molar-refractivity contribution in [2.24, 2.45) is 11.8 Å². The Morgan fingerprint density at radius 1 is 1.25 bits per heavy atom. The van der Waals surface area contributed by atoms with E-state index in [9.17, 15) is 13.2 Å². The first-order chi connectivity index (χ1) is 11.2. The molecule has 24 heavy (non-hydrogen) atoms. The fraction of sp³-hybridized carbons (Fsp3) is 0.611. The van der Waals surface area contributed by atoms with Crippen LogP contribution in [0.25, 0.3) is 0 Å². The van der Waals surface area contributed by atoms with Crippen molar-refractivity contribution in [3.63, 3.8) is 0 Å². The van der Waals surface area contributed by atoms with E-state index in [1.807, 2.05) is 0 Å². The molecule has 1 aliphatic rings. The van der Waals surface area contributed by atoms with Gasteiger partial charge in [-0.25, -0.2) is 8.42 Å². The Labute approximate surface area is 145 Å². The van der Waals surface area contributed by atoms with Crippen LogP contribution in [0.1, 0.15) is 43.9 Å². The van der Waals surface area contributed by atoms with Gasteiger partial charge in [-0.05, 0) is 42.2 Å². The summed E-state index contributed by atoms with van der Waals surface area (Å²) in [5, 5.41) is 3.01. The Bertz CT molecular complexity index is 664. The number of carbonyl (C=O) groups excluding carboxylic acids is 1. The number of hydrogen-bond donors (Lipinski definition) is 1. The Balaban J connectivity index is 2.03. The van der Waals surface area contributed by atoms with Crippen molar-refractivity contribution >= 4 is 15.9 Å². The van der Waals surface area contributed by atoms with E-state index in [1.54, 1.807) is 0 Å². The molecule has 1 fully saturated rings. The van der Waals surface area contributed by atoms with Crippen molar-refractivity contribution in [1.29, 1.82) is 0 Å². The molecule has 1 unspecified atom stereocenters. The van der Waals surface area contributed by atoms with E-state index < -0.39 is 10.0 Å². The van der Waals surface area contributed by atoms with Crippen LogP contribution < -0.4 is 5.32 Å². The van der Waals surface area contributed by atoms with Crippen LogP contribution in [0.2, 0.25) is 0 Å². The SMILES string of the molecule is CC(C)Cc1ccc(C(NC(=O)CN(C)S(C)(=O)=O)C2CC2)cc1. The van der Waals surface area contributed by atoms with Crippen LogP contribution in [-0.4, -0.2) is 38.5 Å². The van der Waals surface area contributed by atoms with E-state index in [1.165, 1.54) is 12.6 Å². The van der Waals surface area contributed by atoms with Crippen molar-refractivity contribution in [3.8, 4) is 0 Å². The number of hydrogen-bond acceptors (Lipinski definition) is 3. The molecule has 0 aromatic heterocycles. The number of nitrogens with zero attached hydrogens (tertiary/aromatic N) is 1. The summed E-state index contributed by atoms with van der Waals surface area (Å²) in [4.78, 5) is 12.2. The molecule has 1 N–H and O–H groups in total. The molecule has 1 atom stereocenters. The van der Waals surface area contributed by atoms with Gasteiger partial charge in [-0.15, -0.1) is 0 Å². The van der Waals surface area contributed by atoms with E-state index in [-0.39, 0.29) is 18.5 Å². The number of sulfonamides is 1. The highest BCUT2D eigenvalue weighted by Gasteiger charge is 2.33. The van der Waals surface area contributed by atoms with Crippen molar-refractivity contribution in [1.82, 2.24) is 9.62 Å². The first-order valence-corrected chi connectivity index (χ1v) is 10.3. The molecule has 1 aromatic rings. The van der Waals surface area contributed by atoms with Gasteiger partial charge in [0, 0.05) is 7.05 Å². The van der Waals surface area contributed by atoms with Crippen LogP contribution in [0.5, 0.6) is 0 Å². The summed E-state index contributed by atoms with van der Waals surface area (Å²) in [6.07, 6.45) is 4.34. The summed E-state index contributed by atoms with van der Waals surface area (Å²) >= 11 is 0. The fourth-order valence-corrected chi connectivity index (χ4v) is 3.13. The lowest BCUT2D eigenvalue weighted by atomic mass is 9.97. The van der Waals surface area contributed by atoms with Gasteiger partial charge in [-0.2, -0.15) is 4.31 Å². The van der Waals surface area contributed by atoms with Crippen molar-refractivity contribution in [3.05, 3.63) is 35.4 Å². The second-order valence-corrected chi connectivity index (χ2v) is 9.33. The van der Waals surface area contributed by atoms with E-state index in [4.69, 9.17) is 0 Å². The third kappa shape index (κ3) is 5.60. The third-order valence-corrected chi connectivity index (χ3v) is 5.59. The molecule has 6 heteroatoms. The zero-order valence-corrected chi connectivity index (χ0v) is 15.8. The van der Waals surface area contributed by atoms with Crippen LogP contribution in [0, 0.1) is 11.8 Å². The van der Waals surface area contributed by atoms with E-state index >= 15 is 0 Å². The number of carbonyl (C=O) groups is 1. The zero-order valence-electron chi connectivity index (χ0n) is 15.0. The Hall–Kier alpha value is -1.40. The third-order valence-electron chi connectivity index (χ3n) is 4.33. The molecular weight excluding hydrogens is 324 g/mol. The Morgan fingerprint density at radius 2 is 1.83 bits per heavy atom. The van der Waals surface area contributed by atoms with Gasteiger partial charge in [0.1, 0.15) is 0 Å².